The van der Waals surface area contributed by atoms with Crippen molar-refractivity contribution < 1.29 is 14.5 Å². The zero-order valence-corrected chi connectivity index (χ0v) is 15.2. The average molecular weight is 364 g/mol. The number of non-ortho nitro benzene ring substituents is 1. The number of hydrogen-bond donors (Lipinski definition) is 0. The Kier molecular flexibility index (Phi) is 5.35. The van der Waals surface area contributed by atoms with Crippen LogP contribution >= 0.6 is 0 Å². The highest BCUT2D eigenvalue weighted by Gasteiger charge is 2.16. The lowest BCUT2D eigenvalue weighted by Gasteiger charge is -2.10. The maximum atomic E-state index is 12.6. The van der Waals surface area contributed by atoms with Crippen molar-refractivity contribution in [3.05, 3.63) is 93.3 Å². The van der Waals surface area contributed by atoms with E-state index in [9.17, 15) is 14.9 Å². The molecule has 1 aromatic heterocycles. The van der Waals surface area contributed by atoms with E-state index in [-0.39, 0.29) is 18.1 Å². The molecule has 0 saturated heterocycles. The number of rotatable bonds is 7. The van der Waals surface area contributed by atoms with E-state index in [1.165, 1.54) is 29.8 Å². The summed E-state index contributed by atoms with van der Waals surface area (Å²) >= 11 is 0. The lowest BCUT2D eigenvalue weighted by molar-refractivity contribution is -0.384. The Morgan fingerprint density at radius 3 is 2.37 bits per heavy atom. The first-order valence-corrected chi connectivity index (χ1v) is 8.57. The highest BCUT2D eigenvalue weighted by molar-refractivity contribution is 5.98. The van der Waals surface area contributed by atoms with Crippen LogP contribution in [0.5, 0.6) is 5.75 Å². The van der Waals surface area contributed by atoms with Crippen molar-refractivity contribution in [1.82, 2.24) is 4.57 Å². The number of nitro groups is 1. The molecule has 3 rings (SSSR count). The Balaban J connectivity index is 1.70. The van der Waals surface area contributed by atoms with Crippen LogP contribution in [0.4, 0.5) is 5.69 Å². The first-order valence-electron chi connectivity index (χ1n) is 8.57. The van der Waals surface area contributed by atoms with Crippen LogP contribution in [0.1, 0.15) is 27.3 Å². The maximum absolute atomic E-state index is 12.6. The molecule has 0 radical (unpaired) electrons. The molecule has 138 valence electrons. The summed E-state index contributed by atoms with van der Waals surface area (Å²) in [6, 6.07) is 17.6. The Morgan fingerprint density at radius 2 is 1.74 bits per heavy atom. The van der Waals surface area contributed by atoms with Gasteiger partial charge in [-0.05, 0) is 37.6 Å². The van der Waals surface area contributed by atoms with Crippen molar-refractivity contribution >= 4 is 11.5 Å². The van der Waals surface area contributed by atoms with Crippen LogP contribution in [0.2, 0.25) is 0 Å². The average Bonchev–Trinajstić information content (AvgIpc) is 2.95. The molecule has 3 aromatic rings. The van der Waals surface area contributed by atoms with Crippen LogP contribution in [0.15, 0.2) is 60.7 Å². The minimum atomic E-state index is -0.476. The molecule has 0 aliphatic carbocycles. The second kappa shape index (κ2) is 7.86. The fourth-order valence-corrected chi connectivity index (χ4v) is 2.98. The van der Waals surface area contributed by atoms with Crippen LogP contribution in [0.25, 0.3) is 0 Å². The summed E-state index contributed by atoms with van der Waals surface area (Å²) in [5.74, 6) is 0.299. The first kappa shape index (κ1) is 18.4. The highest BCUT2D eigenvalue weighted by Crippen LogP contribution is 2.20. The lowest BCUT2D eigenvalue weighted by atomic mass is 10.1. The van der Waals surface area contributed by atoms with Gasteiger partial charge in [0.15, 0.2) is 6.61 Å². The second-order valence-corrected chi connectivity index (χ2v) is 6.32. The molecule has 0 bridgehead atoms. The fourth-order valence-electron chi connectivity index (χ4n) is 2.98. The molecular weight excluding hydrogens is 344 g/mol. The Morgan fingerprint density at radius 1 is 1.07 bits per heavy atom. The predicted octanol–water partition coefficient (Wildman–Crippen LogP) is 4.32. The first-order chi connectivity index (χ1) is 13.0. The second-order valence-electron chi connectivity index (χ2n) is 6.32. The number of nitro benzene ring substituents is 1. The van der Waals surface area contributed by atoms with Crippen LogP contribution in [0, 0.1) is 24.0 Å². The number of ketones is 1. The van der Waals surface area contributed by atoms with E-state index in [0.717, 1.165) is 11.4 Å². The topological polar surface area (TPSA) is 74.4 Å². The van der Waals surface area contributed by atoms with Crippen LogP contribution < -0.4 is 4.74 Å². The number of aryl methyl sites for hydroxylation is 1. The van der Waals surface area contributed by atoms with E-state index in [1.807, 2.05) is 38.1 Å². The zero-order chi connectivity index (χ0) is 19.4. The molecule has 0 aliphatic rings. The molecule has 6 nitrogen and oxygen atoms in total. The molecule has 0 aliphatic heterocycles. The van der Waals surface area contributed by atoms with Gasteiger partial charge in [-0.3, -0.25) is 14.9 Å². The highest BCUT2D eigenvalue weighted by atomic mass is 16.6. The summed E-state index contributed by atoms with van der Waals surface area (Å²) in [6.07, 6.45) is 0. The third-order valence-corrected chi connectivity index (χ3v) is 4.48. The smallest absolute Gasteiger partial charge is 0.269 e. The molecule has 0 unspecified atom stereocenters. The fraction of sp³-hybridized carbons (Fsp3) is 0.190. The normalized spacial score (nSPS) is 10.6. The third kappa shape index (κ3) is 4.23. The third-order valence-electron chi connectivity index (χ3n) is 4.48. The summed E-state index contributed by atoms with van der Waals surface area (Å²) in [5.41, 5.74) is 3.69. The number of benzene rings is 2. The van der Waals surface area contributed by atoms with Gasteiger partial charge in [-0.1, -0.05) is 30.3 Å². The zero-order valence-electron chi connectivity index (χ0n) is 15.2. The van der Waals surface area contributed by atoms with E-state index in [0.29, 0.717) is 17.9 Å². The van der Waals surface area contributed by atoms with Crippen LogP contribution in [-0.4, -0.2) is 21.9 Å². The standard InChI is InChI=1S/C21H20N2O4/c1-15-12-20(16(2)22(15)13-17-6-4-3-5-7-17)21(24)14-27-19-10-8-18(9-11-19)23(25)26/h3-12H,13-14H2,1-2H3. The summed E-state index contributed by atoms with van der Waals surface area (Å²) in [4.78, 5) is 22.8. The van der Waals surface area contributed by atoms with Crippen molar-refractivity contribution in [2.24, 2.45) is 0 Å². The van der Waals surface area contributed by atoms with Gasteiger partial charge in [-0.25, -0.2) is 0 Å². The van der Waals surface area contributed by atoms with Crippen molar-refractivity contribution in [3.63, 3.8) is 0 Å². The summed E-state index contributed by atoms with van der Waals surface area (Å²) in [7, 11) is 0. The number of Topliss-reactive ketones (excluding diaryl/α,β-unsaturated/α-hetero) is 1. The molecule has 0 N–H and O–H groups in total. The van der Waals surface area contributed by atoms with Crippen molar-refractivity contribution in [2.75, 3.05) is 6.61 Å². The predicted molar refractivity (Wildman–Crippen MR) is 102 cm³/mol. The minimum absolute atomic E-state index is 0.0156. The number of ether oxygens (including phenoxy) is 1. The molecule has 1 heterocycles. The van der Waals surface area contributed by atoms with Gasteiger partial charge in [-0.2, -0.15) is 0 Å². The van der Waals surface area contributed by atoms with Gasteiger partial charge in [0.05, 0.1) is 4.92 Å². The number of nitrogens with zero attached hydrogens (tertiary/aromatic N) is 2. The van der Waals surface area contributed by atoms with Crippen molar-refractivity contribution in [3.8, 4) is 5.75 Å². The van der Waals surface area contributed by atoms with E-state index in [1.54, 1.807) is 0 Å². The molecule has 0 amide bonds. The Bertz CT molecular complexity index is 960. The molecule has 0 spiro atoms. The Hall–Kier alpha value is -3.41. The number of hydrogen-bond acceptors (Lipinski definition) is 4. The number of aromatic nitrogens is 1. The summed E-state index contributed by atoms with van der Waals surface area (Å²) < 4.78 is 7.60. The largest absolute Gasteiger partial charge is 0.485 e. The summed E-state index contributed by atoms with van der Waals surface area (Å²) in [6.45, 7) is 4.49. The van der Waals surface area contributed by atoms with Gasteiger partial charge in [-0.15, -0.1) is 0 Å². The number of carbonyl (C=O) groups is 1. The quantitative estimate of drug-likeness (QED) is 0.355. The number of carbonyl (C=O) groups excluding carboxylic acids is 1. The molecule has 0 atom stereocenters. The van der Waals surface area contributed by atoms with Gasteiger partial charge >= 0.3 is 0 Å². The van der Waals surface area contributed by atoms with Crippen molar-refractivity contribution in [2.45, 2.75) is 20.4 Å². The monoisotopic (exact) mass is 364 g/mol. The lowest BCUT2D eigenvalue weighted by Crippen LogP contribution is -2.13. The van der Waals surface area contributed by atoms with Gasteiger partial charge < -0.3 is 9.30 Å². The van der Waals surface area contributed by atoms with Gasteiger partial charge in [0.25, 0.3) is 5.69 Å². The van der Waals surface area contributed by atoms with Crippen molar-refractivity contribution in [1.29, 1.82) is 0 Å². The SMILES string of the molecule is Cc1cc(C(=O)COc2ccc([N+](=O)[O-])cc2)c(C)n1Cc1ccccc1. The molecule has 0 saturated carbocycles. The van der Waals surface area contributed by atoms with E-state index in [4.69, 9.17) is 4.74 Å². The van der Waals surface area contributed by atoms with Gasteiger partial charge in [0.2, 0.25) is 5.78 Å². The molecule has 2 aromatic carbocycles. The van der Waals surface area contributed by atoms with Crippen LogP contribution in [-0.2, 0) is 6.54 Å². The van der Waals surface area contributed by atoms with E-state index in [2.05, 4.69) is 16.7 Å². The van der Waals surface area contributed by atoms with Crippen LogP contribution in [0.3, 0.4) is 0 Å². The Labute approximate surface area is 157 Å². The molecule has 27 heavy (non-hydrogen) atoms. The minimum Gasteiger partial charge on any atom is -0.485 e. The van der Waals surface area contributed by atoms with E-state index < -0.39 is 4.92 Å². The van der Waals surface area contributed by atoms with Gasteiger partial charge in [0.1, 0.15) is 5.75 Å². The molecule has 0 fully saturated rings. The van der Waals surface area contributed by atoms with E-state index >= 15 is 0 Å². The van der Waals surface area contributed by atoms with Gasteiger partial charge in [0, 0.05) is 35.6 Å². The molecular formula is C21H20N2O4. The maximum Gasteiger partial charge on any atom is 0.269 e. The molecule has 6 heteroatoms. The summed E-state index contributed by atoms with van der Waals surface area (Å²) in [5, 5.41) is 10.7.